The molecule has 114 valence electrons. The van der Waals surface area contributed by atoms with Crippen molar-refractivity contribution in [1.29, 1.82) is 0 Å². The summed E-state index contributed by atoms with van der Waals surface area (Å²) in [6.45, 7) is 0.203. The van der Waals surface area contributed by atoms with Crippen LogP contribution in [0.5, 0.6) is 0 Å². The maximum atomic E-state index is 11.9. The monoisotopic (exact) mass is 295 g/mol. The zero-order valence-electron chi connectivity index (χ0n) is 11.3. The first-order valence-corrected chi connectivity index (χ1v) is 6.82. The minimum Gasteiger partial charge on any atom is -0.481 e. The second kappa shape index (κ2) is 6.38. The van der Waals surface area contributed by atoms with E-state index in [0.717, 1.165) is 25.5 Å². The number of aliphatic carboxylic acids is 1. The van der Waals surface area contributed by atoms with Gasteiger partial charge in [-0.05, 0) is 18.8 Å². The van der Waals surface area contributed by atoms with E-state index in [2.05, 4.69) is 10.3 Å². The van der Waals surface area contributed by atoms with E-state index in [1.807, 2.05) is 4.98 Å². The predicted molar refractivity (Wildman–Crippen MR) is 73.1 cm³/mol. The van der Waals surface area contributed by atoms with Gasteiger partial charge in [-0.1, -0.05) is 12.8 Å². The van der Waals surface area contributed by atoms with Crippen LogP contribution < -0.4 is 16.6 Å². The van der Waals surface area contributed by atoms with Crippen molar-refractivity contribution in [3.8, 4) is 0 Å². The van der Waals surface area contributed by atoms with Crippen LogP contribution in [0.4, 0.5) is 0 Å². The lowest BCUT2D eigenvalue weighted by molar-refractivity contribution is -0.144. The average molecular weight is 295 g/mol. The Hall–Kier alpha value is -2.38. The van der Waals surface area contributed by atoms with Crippen LogP contribution in [-0.2, 0) is 4.79 Å². The third-order valence-electron chi connectivity index (χ3n) is 3.81. The molecule has 1 amide bonds. The molecule has 0 aliphatic heterocycles. The molecule has 1 heterocycles. The minimum atomic E-state index is -0.851. The summed E-state index contributed by atoms with van der Waals surface area (Å²) >= 11 is 0. The van der Waals surface area contributed by atoms with Crippen LogP contribution in [0.25, 0.3) is 0 Å². The molecule has 1 aliphatic carbocycles. The number of hydrogen-bond donors (Lipinski definition) is 4. The Bertz CT molecular complexity index is 648. The Balaban J connectivity index is 2.01. The fourth-order valence-corrected chi connectivity index (χ4v) is 2.67. The second-order valence-electron chi connectivity index (χ2n) is 5.18. The summed E-state index contributed by atoms with van der Waals surface area (Å²) < 4.78 is 0. The summed E-state index contributed by atoms with van der Waals surface area (Å²) in [6, 6.07) is 0. The van der Waals surface area contributed by atoms with Crippen LogP contribution in [0, 0.1) is 11.8 Å². The molecule has 0 spiro atoms. The molecule has 4 N–H and O–H groups in total. The molecule has 8 heteroatoms. The highest BCUT2D eigenvalue weighted by atomic mass is 16.4. The van der Waals surface area contributed by atoms with Crippen molar-refractivity contribution in [3.63, 3.8) is 0 Å². The summed E-state index contributed by atoms with van der Waals surface area (Å²) in [6.07, 6.45) is 4.20. The summed E-state index contributed by atoms with van der Waals surface area (Å²) in [5, 5.41) is 11.7. The van der Waals surface area contributed by atoms with Crippen LogP contribution in [0.15, 0.2) is 15.8 Å². The highest BCUT2D eigenvalue weighted by Crippen LogP contribution is 2.29. The van der Waals surface area contributed by atoms with Gasteiger partial charge in [-0.15, -0.1) is 0 Å². The van der Waals surface area contributed by atoms with Gasteiger partial charge in [-0.2, -0.15) is 0 Å². The average Bonchev–Trinajstić information content (AvgIpc) is 2.45. The third-order valence-corrected chi connectivity index (χ3v) is 3.81. The summed E-state index contributed by atoms with van der Waals surface area (Å²) in [5.74, 6) is -2.08. The van der Waals surface area contributed by atoms with Crippen LogP contribution in [0.1, 0.15) is 36.0 Å². The molecule has 2 rings (SSSR count). The Morgan fingerprint density at radius 2 is 2.00 bits per heavy atom. The normalized spacial score (nSPS) is 21.7. The highest BCUT2D eigenvalue weighted by molar-refractivity contribution is 5.93. The number of carboxylic acids is 1. The number of aromatic nitrogens is 2. The molecular weight excluding hydrogens is 278 g/mol. The van der Waals surface area contributed by atoms with E-state index in [1.54, 1.807) is 0 Å². The van der Waals surface area contributed by atoms with Gasteiger partial charge in [0.15, 0.2) is 0 Å². The Morgan fingerprint density at radius 1 is 1.29 bits per heavy atom. The van der Waals surface area contributed by atoms with Crippen molar-refractivity contribution in [3.05, 3.63) is 32.6 Å². The first kappa shape index (κ1) is 15.0. The molecule has 21 heavy (non-hydrogen) atoms. The first-order chi connectivity index (χ1) is 9.99. The number of nitrogens with one attached hydrogen (secondary N) is 3. The fourth-order valence-electron chi connectivity index (χ4n) is 2.67. The first-order valence-electron chi connectivity index (χ1n) is 6.82. The smallest absolute Gasteiger partial charge is 0.325 e. The summed E-state index contributed by atoms with van der Waals surface area (Å²) in [4.78, 5) is 49.6. The number of carboxylic acid groups (broad SMARTS) is 1. The lowest BCUT2D eigenvalue weighted by Crippen LogP contribution is -2.39. The van der Waals surface area contributed by atoms with E-state index < -0.39 is 29.0 Å². The van der Waals surface area contributed by atoms with Crippen molar-refractivity contribution in [1.82, 2.24) is 15.3 Å². The van der Waals surface area contributed by atoms with Crippen LogP contribution in [0.2, 0.25) is 0 Å². The fraction of sp³-hybridized carbons (Fsp3) is 0.538. The topological polar surface area (TPSA) is 132 Å². The molecule has 2 atom stereocenters. The summed E-state index contributed by atoms with van der Waals surface area (Å²) in [7, 11) is 0. The van der Waals surface area contributed by atoms with E-state index in [4.69, 9.17) is 5.11 Å². The van der Waals surface area contributed by atoms with E-state index in [1.165, 1.54) is 0 Å². The SMILES string of the molecule is O=C(NCC1CCCCC1C(=O)O)c1c[nH]c(=O)[nH]c1=O. The molecule has 0 aromatic carbocycles. The van der Waals surface area contributed by atoms with E-state index >= 15 is 0 Å². The Morgan fingerprint density at radius 3 is 2.67 bits per heavy atom. The number of carbonyl (C=O) groups is 2. The van der Waals surface area contributed by atoms with Gasteiger partial charge in [0.05, 0.1) is 5.92 Å². The number of aromatic amines is 2. The van der Waals surface area contributed by atoms with Gasteiger partial charge in [0.2, 0.25) is 0 Å². The van der Waals surface area contributed by atoms with E-state index in [9.17, 15) is 19.2 Å². The molecule has 1 aliphatic rings. The van der Waals surface area contributed by atoms with Gasteiger partial charge < -0.3 is 15.4 Å². The molecule has 0 bridgehead atoms. The molecular formula is C13H17N3O5. The van der Waals surface area contributed by atoms with Crippen LogP contribution >= 0.6 is 0 Å². The number of H-pyrrole nitrogens is 2. The zero-order valence-corrected chi connectivity index (χ0v) is 11.3. The summed E-state index contributed by atoms with van der Waals surface area (Å²) in [5.41, 5.74) is -1.65. The van der Waals surface area contributed by atoms with Crippen molar-refractivity contribution in [2.45, 2.75) is 25.7 Å². The predicted octanol–water partition coefficient (Wildman–Crippen LogP) is -0.316. The lowest BCUT2D eigenvalue weighted by Gasteiger charge is -2.28. The molecule has 1 aromatic heterocycles. The highest BCUT2D eigenvalue weighted by Gasteiger charge is 2.31. The number of amides is 1. The van der Waals surface area contributed by atoms with Crippen LogP contribution in [-0.4, -0.2) is 33.5 Å². The van der Waals surface area contributed by atoms with Gasteiger partial charge in [0.25, 0.3) is 11.5 Å². The van der Waals surface area contributed by atoms with Crippen molar-refractivity contribution in [2.24, 2.45) is 11.8 Å². The standard InChI is InChI=1S/C13H17N3O5/c17-10(9-6-15-13(21)16-11(9)18)14-5-7-3-1-2-4-8(7)12(19)20/h6-8H,1-5H2,(H,14,17)(H,19,20)(H2,15,16,18,21). The molecule has 2 unspecified atom stereocenters. The number of carbonyl (C=O) groups excluding carboxylic acids is 1. The number of rotatable bonds is 4. The molecule has 1 fully saturated rings. The Kier molecular flexibility index (Phi) is 4.56. The van der Waals surface area contributed by atoms with Crippen molar-refractivity contribution in [2.75, 3.05) is 6.54 Å². The molecule has 0 radical (unpaired) electrons. The van der Waals surface area contributed by atoms with E-state index in [-0.39, 0.29) is 18.0 Å². The van der Waals surface area contributed by atoms with Gasteiger partial charge in [-0.25, -0.2) is 4.79 Å². The van der Waals surface area contributed by atoms with Gasteiger partial charge in [0.1, 0.15) is 5.56 Å². The van der Waals surface area contributed by atoms with Gasteiger partial charge >= 0.3 is 11.7 Å². The maximum absolute atomic E-state index is 11.9. The number of hydrogen-bond acceptors (Lipinski definition) is 4. The van der Waals surface area contributed by atoms with Crippen molar-refractivity contribution < 1.29 is 14.7 Å². The Labute approximate surface area is 119 Å². The largest absolute Gasteiger partial charge is 0.481 e. The maximum Gasteiger partial charge on any atom is 0.325 e. The quantitative estimate of drug-likeness (QED) is 0.604. The molecule has 1 aromatic rings. The third kappa shape index (κ3) is 3.59. The molecule has 0 saturated heterocycles. The minimum absolute atomic E-state index is 0.137. The molecule has 1 saturated carbocycles. The van der Waals surface area contributed by atoms with Gasteiger partial charge in [0, 0.05) is 12.7 Å². The van der Waals surface area contributed by atoms with Gasteiger partial charge in [-0.3, -0.25) is 19.4 Å². The van der Waals surface area contributed by atoms with Crippen LogP contribution in [0.3, 0.4) is 0 Å². The van der Waals surface area contributed by atoms with E-state index in [0.29, 0.717) is 6.42 Å². The van der Waals surface area contributed by atoms with Crippen molar-refractivity contribution >= 4 is 11.9 Å². The lowest BCUT2D eigenvalue weighted by atomic mass is 9.79. The second-order valence-corrected chi connectivity index (χ2v) is 5.18. The molecule has 8 nitrogen and oxygen atoms in total. The zero-order chi connectivity index (χ0) is 15.4.